The molecule has 14 heavy (non-hydrogen) atoms. The van der Waals surface area contributed by atoms with E-state index in [4.69, 9.17) is 10.2 Å². The van der Waals surface area contributed by atoms with Gasteiger partial charge >= 0.3 is 0 Å². The number of aliphatic hydroxyl groups excluding tert-OH is 2. The van der Waals surface area contributed by atoms with Crippen LogP contribution in [0.15, 0.2) is 0 Å². The first-order chi connectivity index (χ1) is 6.72. The number of likely N-dealkylation sites (tertiary alicyclic amines) is 1. The van der Waals surface area contributed by atoms with Gasteiger partial charge in [-0.15, -0.1) is 0 Å². The van der Waals surface area contributed by atoms with Gasteiger partial charge in [0.15, 0.2) is 0 Å². The Bertz CT molecular complexity index is 155. The van der Waals surface area contributed by atoms with Gasteiger partial charge in [0.1, 0.15) is 0 Å². The fourth-order valence-electron chi connectivity index (χ4n) is 1.96. The van der Waals surface area contributed by atoms with Crippen LogP contribution in [0.25, 0.3) is 0 Å². The second kappa shape index (κ2) is 6.35. The van der Waals surface area contributed by atoms with Crippen LogP contribution in [-0.4, -0.2) is 61.1 Å². The smallest absolute Gasteiger partial charge is 0.0894 e. The fourth-order valence-corrected chi connectivity index (χ4v) is 1.96. The zero-order chi connectivity index (χ0) is 10.4. The van der Waals surface area contributed by atoms with E-state index in [-0.39, 0.29) is 6.61 Å². The average molecular weight is 202 g/mol. The van der Waals surface area contributed by atoms with Gasteiger partial charge in [-0.1, -0.05) is 0 Å². The second-order valence-electron chi connectivity index (χ2n) is 4.27. The average Bonchev–Trinajstić information content (AvgIpc) is 2.17. The Kier molecular flexibility index (Phi) is 5.40. The summed E-state index contributed by atoms with van der Waals surface area (Å²) in [4.78, 5) is 2.35. The van der Waals surface area contributed by atoms with Crippen LogP contribution in [0.1, 0.15) is 12.8 Å². The van der Waals surface area contributed by atoms with E-state index in [0.717, 1.165) is 13.1 Å². The normalized spacial score (nSPS) is 26.4. The van der Waals surface area contributed by atoms with E-state index >= 15 is 0 Å². The van der Waals surface area contributed by atoms with Crippen molar-refractivity contribution in [1.29, 1.82) is 0 Å². The molecular weight excluding hydrogens is 180 g/mol. The molecule has 2 unspecified atom stereocenters. The maximum absolute atomic E-state index is 9.12. The van der Waals surface area contributed by atoms with Gasteiger partial charge < -0.3 is 20.4 Å². The van der Waals surface area contributed by atoms with Crippen LogP contribution in [0.2, 0.25) is 0 Å². The number of rotatable bonds is 5. The van der Waals surface area contributed by atoms with Crippen molar-refractivity contribution in [2.75, 3.05) is 39.8 Å². The molecule has 4 nitrogen and oxygen atoms in total. The number of aliphatic hydroxyl groups is 2. The minimum atomic E-state index is -0.615. The second-order valence-corrected chi connectivity index (χ2v) is 4.27. The summed E-state index contributed by atoms with van der Waals surface area (Å²) in [5, 5.41) is 20.9. The van der Waals surface area contributed by atoms with Crippen molar-refractivity contribution >= 4 is 0 Å². The lowest BCUT2D eigenvalue weighted by atomic mass is 9.98. The summed E-state index contributed by atoms with van der Waals surface area (Å²) in [6.45, 7) is 3.63. The monoisotopic (exact) mass is 202 g/mol. The standard InChI is InChI=1S/C10H22N2O2/c1-12-4-2-3-9(7-12)5-11-6-10(14)8-13/h9-11,13-14H,2-8H2,1H3. The number of hydrogen-bond acceptors (Lipinski definition) is 4. The van der Waals surface area contributed by atoms with Crippen molar-refractivity contribution in [3.8, 4) is 0 Å². The summed E-state index contributed by atoms with van der Waals surface area (Å²) in [6, 6.07) is 0. The molecule has 1 heterocycles. The predicted molar refractivity (Wildman–Crippen MR) is 56.2 cm³/mol. The highest BCUT2D eigenvalue weighted by molar-refractivity contribution is 4.72. The Morgan fingerprint density at radius 3 is 3.00 bits per heavy atom. The van der Waals surface area contributed by atoms with E-state index in [1.807, 2.05) is 0 Å². The van der Waals surface area contributed by atoms with Crippen LogP contribution in [0.3, 0.4) is 0 Å². The summed E-state index contributed by atoms with van der Waals surface area (Å²) < 4.78 is 0. The van der Waals surface area contributed by atoms with E-state index in [1.165, 1.54) is 19.4 Å². The molecule has 1 aliphatic rings. The highest BCUT2D eigenvalue weighted by Crippen LogP contribution is 2.13. The first kappa shape index (κ1) is 11.9. The molecule has 1 aliphatic heterocycles. The Labute approximate surface area is 85.9 Å². The molecule has 0 aromatic heterocycles. The van der Waals surface area contributed by atoms with E-state index in [2.05, 4.69) is 17.3 Å². The molecule has 1 saturated heterocycles. The number of piperidine rings is 1. The Morgan fingerprint density at radius 2 is 2.36 bits per heavy atom. The largest absolute Gasteiger partial charge is 0.394 e. The topological polar surface area (TPSA) is 55.7 Å². The third-order valence-corrected chi connectivity index (χ3v) is 2.75. The Balaban J connectivity index is 2.05. The number of hydrogen-bond donors (Lipinski definition) is 3. The van der Waals surface area contributed by atoms with Crippen molar-refractivity contribution in [1.82, 2.24) is 10.2 Å². The van der Waals surface area contributed by atoms with Crippen LogP contribution in [0.5, 0.6) is 0 Å². The molecule has 3 N–H and O–H groups in total. The van der Waals surface area contributed by atoms with Gasteiger partial charge in [0.05, 0.1) is 12.7 Å². The van der Waals surface area contributed by atoms with Crippen LogP contribution >= 0.6 is 0 Å². The van der Waals surface area contributed by atoms with Crippen molar-refractivity contribution in [3.05, 3.63) is 0 Å². The molecule has 0 aromatic rings. The van der Waals surface area contributed by atoms with Crippen LogP contribution < -0.4 is 5.32 Å². The van der Waals surface area contributed by atoms with Crippen molar-refractivity contribution in [3.63, 3.8) is 0 Å². The van der Waals surface area contributed by atoms with Gasteiger partial charge in [0, 0.05) is 13.1 Å². The molecule has 1 fully saturated rings. The third-order valence-electron chi connectivity index (χ3n) is 2.75. The van der Waals surface area contributed by atoms with Crippen LogP contribution in [0.4, 0.5) is 0 Å². The molecule has 84 valence electrons. The predicted octanol–water partition coefficient (Wildman–Crippen LogP) is -0.729. The molecule has 0 spiro atoms. The first-order valence-corrected chi connectivity index (χ1v) is 5.40. The third kappa shape index (κ3) is 4.37. The Morgan fingerprint density at radius 1 is 1.57 bits per heavy atom. The molecule has 0 aromatic carbocycles. The maximum Gasteiger partial charge on any atom is 0.0894 e. The van der Waals surface area contributed by atoms with Gasteiger partial charge in [-0.05, 0) is 38.9 Å². The van der Waals surface area contributed by atoms with Crippen molar-refractivity contribution < 1.29 is 10.2 Å². The van der Waals surface area contributed by atoms with E-state index < -0.39 is 6.10 Å². The molecule has 4 heteroatoms. The van der Waals surface area contributed by atoms with Crippen molar-refractivity contribution in [2.45, 2.75) is 18.9 Å². The molecular formula is C10H22N2O2. The molecule has 2 atom stereocenters. The summed E-state index contributed by atoms with van der Waals surface area (Å²) in [5.41, 5.74) is 0. The number of nitrogens with zero attached hydrogens (tertiary/aromatic N) is 1. The lowest BCUT2D eigenvalue weighted by Crippen LogP contribution is -2.39. The summed E-state index contributed by atoms with van der Waals surface area (Å²) >= 11 is 0. The lowest BCUT2D eigenvalue weighted by Gasteiger charge is -2.29. The quantitative estimate of drug-likeness (QED) is 0.550. The van der Waals surface area contributed by atoms with E-state index in [9.17, 15) is 0 Å². The molecule has 0 amide bonds. The summed E-state index contributed by atoms with van der Waals surface area (Å²) in [6.07, 6.45) is 1.93. The van der Waals surface area contributed by atoms with Gasteiger partial charge in [-0.2, -0.15) is 0 Å². The maximum atomic E-state index is 9.12. The van der Waals surface area contributed by atoms with Crippen LogP contribution in [-0.2, 0) is 0 Å². The fraction of sp³-hybridized carbons (Fsp3) is 1.00. The molecule has 1 rings (SSSR count). The van der Waals surface area contributed by atoms with Gasteiger partial charge in [-0.25, -0.2) is 0 Å². The lowest BCUT2D eigenvalue weighted by molar-refractivity contribution is 0.0920. The van der Waals surface area contributed by atoms with E-state index in [0.29, 0.717) is 12.5 Å². The van der Waals surface area contributed by atoms with Crippen molar-refractivity contribution in [2.24, 2.45) is 5.92 Å². The molecule has 0 bridgehead atoms. The zero-order valence-electron chi connectivity index (χ0n) is 8.95. The number of nitrogens with one attached hydrogen (secondary N) is 1. The minimum Gasteiger partial charge on any atom is -0.394 e. The minimum absolute atomic E-state index is 0.155. The summed E-state index contributed by atoms with van der Waals surface area (Å²) in [7, 11) is 2.15. The first-order valence-electron chi connectivity index (χ1n) is 5.40. The highest BCUT2D eigenvalue weighted by Gasteiger charge is 2.16. The molecule has 0 aliphatic carbocycles. The zero-order valence-corrected chi connectivity index (χ0v) is 8.95. The van der Waals surface area contributed by atoms with Gasteiger partial charge in [0.2, 0.25) is 0 Å². The van der Waals surface area contributed by atoms with E-state index in [1.54, 1.807) is 0 Å². The summed E-state index contributed by atoms with van der Waals surface area (Å²) in [5.74, 6) is 0.694. The Hall–Kier alpha value is -0.160. The SMILES string of the molecule is CN1CCCC(CNCC(O)CO)C1. The highest BCUT2D eigenvalue weighted by atomic mass is 16.3. The molecule has 0 radical (unpaired) electrons. The molecule has 0 saturated carbocycles. The van der Waals surface area contributed by atoms with Gasteiger partial charge in [0.25, 0.3) is 0 Å². The van der Waals surface area contributed by atoms with Gasteiger partial charge in [-0.3, -0.25) is 0 Å². The van der Waals surface area contributed by atoms with Crippen LogP contribution in [0, 0.1) is 5.92 Å².